The SMILES string of the molecule is C1CCC(CCSCCC2CCCCC2)CC1. The molecule has 100 valence electrons. The summed E-state index contributed by atoms with van der Waals surface area (Å²) in [5, 5.41) is 0. The second-order valence-corrected chi connectivity index (χ2v) is 7.42. The van der Waals surface area contributed by atoms with Crippen molar-refractivity contribution in [3.8, 4) is 0 Å². The van der Waals surface area contributed by atoms with Crippen molar-refractivity contribution in [3.63, 3.8) is 0 Å². The number of thioether (sulfide) groups is 1. The molecule has 0 spiro atoms. The predicted molar refractivity (Wildman–Crippen MR) is 79.7 cm³/mol. The quantitative estimate of drug-likeness (QED) is 0.551. The topological polar surface area (TPSA) is 0 Å². The van der Waals surface area contributed by atoms with Gasteiger partial charge in [-0.25, -0.2) is 0 Å². The Labute approximate surface area is 112 Å². The minimum atomic E-state index is 1.09. The lowest BCUT2D eigenvalue weighted by Gasteiger charge is -2.22. The molecule has 2 aliphatic rings. The summed E-state index contributed by atoms with van der Waals surface area (Å²) in [5.74, 6) is 5.06. The molecule has 2 saturated carbocycles. The van der Waals surface area contributed by atoms with E-state index in [9.17, 15) is 0 Å². The summed E-state index contributed by atoms with van der Waals surface area (Å²) in [7, 11) is 0. The highest BCUT2D eigenvalue weighted by atomic mass is 32.2. The molecule has 17 heavy (non-hydrogen) atoms. The summed E-state index contributed by atoms with van der Waals surface area (Å²) < 4.78 is 0. The van der Waals surface area contributed by atoms with E-state index in [1.165, 1.54) is 88.6 Å². The van der Waals surface area contributed by atoms with E-state index in [0.717, 1.165) is 11.8 Å². The van der Waals surface area contributed by atoms with Crippen LogP contribution < -0.4 is 0 Å². The van der Waals surface area contributed by atoms with Crippen molar-refractivity contribution < 1.29 is 0 Å². The largest absolute Gasteiger partial charge is 0.162 e. The Hall–Kier alpha value is 0.350. The zero-order valence-corrected chi connectivity index (χ0v) is 12.3. The number of hydrogen-bond donors (Lipinski definition) is 0. The van der Waals surface area contributed by atoms with Gasteiger partial charge in [0.1, 0.15) is 0 Å². The zero-order valence-electron chi connectivity index (χ0n) is 11.5. The van der Waals surface area contributed by atoms with Gasteiger partial charge in [0, 0.05) is 0 Å². The first-order valence-corrected chi connectivity index (χ1v) is 9.18. The van der Waals surface area contributed by atoms with Crippen LogP contribution in [0.15, 0.2) is 0 Å². The smallest absolute Gasteiger partial charge is 0.00649 e. The third-order valence-corrected chi connectivity index (χ3v) is 5.84. The van der Waals surface area contributed by atoms with Gasteiger partial charge in [0.05, 0.1) is 0 Å². The normalized spacial score (nSPS) is 24.0. The predicted octanol–water partition coefficient (Wildman–Crippen LogP) is 5.66. The highest BCUT2D eigenvalue weighted by molar-refractivity contribution is 7.99. The van der Waals surface area contributed by atoms with Gasteiger partial charge in [-0.05, 0) is 36.2 Å². The molecule has 0 aromatic heterocycles. The first-order valence-electron chi connectivity index (χ1n) is 8.03. The third-order valence-electron chi connectivity index (χ3n) is 4.79. The summed E-state index contributed by atoms with van der Waals surface area (Å²) in [5.41, 5.74) is 0. The highest BCUT2D eigenvalue weighted by Gasteiger charge is 2.14. The van der Waals surface area contributed by atoms with Crippen LogP contribution in [0.25, 0.3) is 0 Å². The average Bonchev–Trinajstić information content (AvgIpc) is 2.41. The van der Waals surface area contributed by atoms with Crippen LogP contribution in [-0.4, -0.2) is 11.5 Å². The van der Waals surface area contributed by atoms with Gasteiger partial charge in [-0.2, -0.15) is 11.8 Å². The molecule has 0 N–H and O–H groups in total. The summed E-state index contributed by atoms with van der Waals surface area (Å²) in [6.07, 6.45) is 18.2. The van der Waals surface area contributed by atoms with Crippen LogP contribution in [-0.2, 0) is 0 Å². The van der Waals surface area contributed by atoms with Gasteiger partial charge in [0.25, 0.3) is 0 Å². The molecule has 0 nitrogen and oxygen atoms in total. The molecule has 2 fully saturated rings. The standard InChI is InChI=1S/C16H30S/c1-3-7-15(8-4-1)11-13-17-14-12-16-9-5-2-6-10-16/h15-16H,1-14H2. The highest BCUT2D eigenvalue weighted by Crippen LogP contribution is 2.29. The van der Waals surface area contributed by atoms with Crippen molar-refractivity contribution in [1.29, 1.82) is 0 Å². The average molecular weight is 254 g/mol. The summed E-state index contributed by atoms with van der Waals surface area (Å²) in [6.45, 7) is 0. The molecule has 2 aliphatic carbocycles. The van der Waals surface area contributed by atoms with E-state index in [1.54, 1.807) is 0 Å². The van der Waals surface area contributed by atoms with Crippen LogP contribution in [0.4, 0.5) is 0 Å². The minimum Gasteiger partial charge on any atom is -0.162 e. The molecule has 0 unspecified atom stereocenters. The Morgan fingerprint density at radius 3 is 1.41 bits per heavy atom. The Kier molecular flexibility index (Phi) is 6.85. The van der Waals surface area contributed by atoms with Crippen molar-refractivity contribution in [3.05, 3.63) is 0 Å². The van der Waals surface area contributed by atoms with Crippen molar-refractivity contribution in [2.75, 3.05) is 11.5 Å². The summed E-state index contributed by atoms with van der Waals surface area (Å²) in [6, 6.07) is 0. The van der Waals surface area contributed by atoms with Crippen LogP contribution >= 0.6 is 11.8 Å². The molecule has 0 heterocycles. The van der Waals surface area contributed by atoms with E-state index >= 15 is 0 Å². The van der Waals surface area contributed by atoms with Gasteiger partial charge >= 0.3 is 0 Å². The molecular formula is C16H30S. The number of rotatable bonds is 6. The van der Waals surface area contributed by atoms with Gasteiger partial charge < -0.3 is 0 Å². The second kappa shape index (κ2) is 8.45. The van der Waals surface area contributed by atoms with Crippen LogP contribution in [0.3, 0.4) is 0 Å². The van der Waals surface area contributed by atoms with Gasteiger partial charge in [0.15, 0.2) is 0 Å². The molecule has 0 saturated heterocycles. The van der Waals surface area contributed by atoms with Crippen molar-refractivity contribution in [2.45, 2.75) is 77.0 Å². The lowest BCUT2D eigenvalue weighted by atomic mass is 9.87. The van der Waals surface area contributed by atoms with Crippen LogP contribution in [0.1, 0.15) is 77.0 Å². The van der Waals surface area contributed by atoms with E-state index in [0.29, 0.717) is 0 Å². The maximum Gasteiger partial charge on any atom is -0.00649 e. The van der Waals surface area contributed by atoms with E-state index in [4.69, 9.17) is 0 Å². The van der Waals surface area contributed by atoms with Crippen LogP contribution in [0, 0.1) is 11.8 Å². The molecule has 0 aromatic carbocycles. The monoisotopic (exact) mass is 254 g/mol. The fraction of sp³-hybridized carbons (Fsp3) is 1.00. The van der Waals surface area contributed by atoms with E-state index in [2.05, 4.69) is 11.8 Å². The van der Waals surface area contributed by atoms with E-state index in [-0.39, 0.29) is 0 Å². The molecule has 0 radical (unpaired) electrons. The van der Waals surface area contributed by atoms with Gasteiger partial charge in [-0.3, -0.25) is 0 Å². The van der Waals surface area contributed by atoms with Gasteiger partial charge in [-0.1, -0.05) is 64.2 Å². The van der Waals surface area contributed by atoms with Crippen molar-refractivity contribution in [1.82, 2.24) is 0 Å². The van der Waals surface area contributed by atoms with Crippen LogP contribution in [0.2, 0.25) is 0 Å². The molecule has 0 bridgehead atoms. The molecule has 1 heteroatoms. The molecule has 0 amide bonds. The maximum atomic E-state index is 2.24. The van der Waals surface area contributed by atoms with Gasteiger partial charge in [-0.15, -0.1) is 0 Å². The first kappa shape index (κ1) is 13.8. The van der Waals surface area contributed by atoms with Crippen molar-refractivity contribution >= 4 is 11.8 Å². The van der Waals surface area contributed by atoms with Gasteiger partial charge in [0.2, 0.25) is 0 Å². The lowest BCUT2D eigenvalue weighted by molar-refractivity contribution is 0.349. The Morgan fingerprint density at radius 2 is 1.00 bits per heavy atom. The lowest BCUT2D eigenvalue weighted by Crippen LogP contribution is -2.08. The van der Waals surface area contributed by atoms with E-state index < -0.39 is 0 Å². The van der Waals surface area contributed by atoms with E-state index in [1.807, 2.05) is 0 Å². The fourth-order valence-corrected chi connectivity index (χ4v) is 4.76. The number of hydrogen-bond acceptors (Lipinski definition) is 1. The molecular weight excluding hydrogens is 224 g/mol. The van der Waals surface area contributed by atoms with Crippen LogP contribution in [0.5, 0.6) is 0 Å². The Bertz CT molecular complexity index is 158. The molecule has 2 rings (SSSR count). The first-order chi connectivity index (χ1) is 8.45. The Balaban J connectivity index is 1.42. The maximum absolute atomic E-state index is 2.24. The molecule has 0 aromatic rings. The summed E-state index contributed by atoms with van der Waals surface area (Å²) in [4.78, 5) is 0. The molecule has 0 atom stereocenters. The zero-order chi connectivity index (χ0) is 11.8. The minimum absolute atomic E-state index is 1.09. The second-order valence-electron chi connectivity index (χ2n) is 6.20. The summed E-state index contributed by atoms with van der Waals surface area (Å²) >= 11 is 2.24. The Morgan fingerprint density at radius 1 is 0.588 bits per heavy atom. The third kappa shape index (κ3) is 5.68. The van der Waals surface area contributed by atoms with Crippen molar-refractivity contribution in [2.24, 2.45) is 11.8 Å². The molecule has 0 aliphatic heterocycles. The fourth-order valence-electron chi connectivity index (χ4n) is 3.55.